The molecule has 0 bridgehead atoms. The van der Waals surface area contributed by atoms with Crippen molar-refractivity contribution in [1.29, 1.82) is 10.5 Å². The molecule has 0 unspecified atom stereocenters. The number of carbonyl (C=O) groups is 2. The lowest BCUT2D eigenvalue weighted by atomic mass is 9.93. The summed E-state index contributed by atoms with van der Waals surface area (Å²) in [5, 5.41) is 26.2. The quantitative estimate of drug-likeness (QED) is 0.0943. The number of rotatable bonds is 13. The molecule has 48 heavy (non-hydrogen) atoms. The van der Waals surface area contributed by atoms with E-state index in [1.165, 1.54) is 6.07 Å². The number of aromatic nitrogens is 2. The van der Waals surface area contributed by atoms with Gasteiger partial charge in [0.15, 0.2) is 6.19 Å². The molecular formula is C32H39F3N10O3. The summed E-state index contributed by atoms with van der Waals surface area (Å²) in [5.74, 6) is -1.12. The number of esters is 1. The fourth-order valence-corrected chi connectivity index (χ4v) is 5.50. The minimum Gasteiger partial charge on any atom is -0.466 e. The SMILES string of the molecule is CCOC(=O)CCNC(=NCCC1CCN(c2cc(N3CC[C@H]3C(=O)NCCc3ccc(C#N)cc3)nc(C(F)(F)F)n2)CC1)NC#N. The van der Waals surface area contributed by atoms with Crippen LogP contribution in [-0.2, 0) is 26.9 Å². The molecule has 2 aliphatic rings. The zero-order chi connectivity index (χ0) is 34.5. The maximum absolute atomic E-state index is 13.9. The van der Waals surface area contributed by atoms with Crippen molar-refractivity contribution in [2.75, 3.05) is 55.7 Å². The Hall–Kier alpha value is -5.12. The molecule has 0 aliphatic carbocycles. The fraction of sp³-hybridized carbons (Fsp3) is 0.531. The maximum Gasteiger partial charge on any atom is 0.451 e. The molecule has 0 spiro atoms. The van der Waals surface area contributed by atoms with Crippen LogP contribution in [0.2, 0.25) is 0 Å². The van der Waals surface area contributed by atoms with E-state index in [1.54, 1.807) is 24.0 Å². The van der Waals surface area contributed by atoms with Crippen molar-refractivity contribution in [1.82, 2.24) is 25.9 Å². The molecule has 1 aromatic heterocycles. The lowest BCUT2D eigenvalue weighted by molar-refractivity contribution is -0.145. The van der Waals surface area contributed by atoms with Gasteiger partial charge in [-0.1, -0.05) is 12.1 Å². The highest BCUT2D eigenvalue weighted by Crippen LogP contribution is 2.34. The number of benzene rings is 1. The number of halogens is 3. The number of carbonyl (C=O) groups excluding carboxylic acids is 2. The van der Waals surface area contributed by atoms with E-state index in [2.05, 4.69) is 37.0 Å². The first kappa shape index (κ1) is 35.7. The van der Waals surface area contributed by atoms with Crippen LogP contribution in [0, 0.1) is 28.7 Å². The molecule has 4 rings (SSSR count). The van der Waals surface area contributed by atoms with Gasteiger partial charge in [0.25, 0.3) is 0 Å². The number of nitrogens with zero attached hydrogens (tertiary/aromatic N) is 7. The van der Waals surface area contributed by atoms with E-state index in [1.807, 2.05) is 23.2 Å². The number of nitrogens with one attached hydrogen (secondary N) is 3. The average molecular weight is 669 g/mol. The van der Waals surface area contributed by atoms with Crippen molar-refractivity contribution in [2.24, 2.45) is 10.9 Å². The van der Waals surface area contributed by atoms with Crippen molar-refractivity contribution < 1.29 is 27.5 Å². The number of hydrogen-bond acceptors (Lipinski definition) is 10. The van der Waals surface area contributed by atoms with Crippen LogP contribution >= 0.6 is 0 Å². The number of ether oxygens (including phenoxy) is 1. The molecule has 0 radical (unpaired) electrons. The summed E-state index contributed by atoms with van der Waals surface area (Å²) in [6.45, 7) is 4.41. The molecule has 3 heterocycles. The largest absolute Gasteiger partial charge is 0.466 e. The third kappa shape index (κ3) is 10.2. The van der Waals surface area contributed by atoms with Crippen LogP contribution in [0.5, 0.6) is 0 Å². The van der Waals surface area contributed by atoms with Gasteiger partial charge in [-0.2, -0.15) is 23.7 Å². The van der Waals surface area contributed by atoms with Crippen molar-refractivity contribution in [2.45, 2.75) is 57.7 Å². The van der Waals surface area contributed by atoms with Gasteiger partial charge in [0.2, 0.25) is 17.7 Å². The predicted molar refractivity (Wildman–Crippen MR) is 171 cm³/mol. The zero-order valence-corrected chi connectivity index (χ0v) is 26.7. The highest BCUT2D eigenvalue weighted by Gasteiger charge is 2.40. The van der Waals surface area contributed by atoms with Gasteiger partial charge in [-0.25, -0.2) is 9.97 Å². The first-order valence-electron chi connectivity index (χ1n) is 15.9. The maximum atomic E-state index is 13.9. The van der Waals surface area contributed by atoms with E-state index in [0.29, 0.717) is 70.4 Å². The second-order valence-electron chi connectivity index (χ2n) is 11.4. The summed E-state index contributed by atoms with van der Waals surface area (Å²) in [4.78, 5) is 39.9. The summed E-state index contributed by atoms with van der Waals surface area (Å²) in [7, 11) is 0. The van der Waals surface area contributed by atoms with E-state index in [9.17, 15) is 22.8 Å². The van der Waals surface area contributed by atoms with Crippen LogP contribution in [0.4, 0.5) is 24.8 Å². The summed E-state index contributed by atoms with van der Waals surface area (Å²) in [6, 6.07) is 9.99. The van der Waals surface area contributed by atoms with Crippen molar-refractivity contribution in [3.63, 3.8) is 0 Å². The fourth-order valence-electron chi connectivity index (χ4n) is 5.50. The van der Waals surface area contributed by atoms with Gasteiger partial charge in [0, 0.05) is 45.3 Å². The van der Waals surface area contributed by atoms with Crippen molar-refractivity contribution in [3.8, 4) is 12.3 Å². The van der Waals surface area contributed by atoms with Gasteiger partial charge in [0.1, 0.15) is 17.7 Å². The molecule has 256 valence electrons. The summed E-state index contributed by atoms with van der Waals surface area (Å²) in [5.41, 5.74) is 1.50. The van der Waals surface area contributed by atoms with E-state index < -0.39 is 18.0 Å². The second-order valence-corrected chi connectivity index (χ2v) is 11.4. The standard InChI is InChI=1S/C32H39F3N10O3/c1-2-48-28(46)9-15-40-31(41-21-37)39-14-8-23-10-16-44(17-11-23)26-19-27(43-30(42-26)32(33,34)35)45-18-12-25(45)29(47)38-13-7-22-3-5-24(20-36)6-4-22/h3-6,19,23,25H,2,7-18H2,1H3,(H,38,47)(H2,39,40,41)/t25-/m0/s1. The number of anilines is 2. The first-order chi connectivity index (χ1) is 23.1. The minimum atomic E-state index is -4.76. The highest BCUT2D eigenvalue weighted by atomic mass is 19.4. The van der Waals surface area contributed by atoms with Gasteiger partial charge in [-0.15, -0.1) is 0 Å². The van der Waals surface area contributed by atoms with Crippen LogP contribution in [0.25, 0.3) is 0 Å². The minimum absolute atomic E-state index is 0.0651. The Morgan fingerprint density at radius 3 is 2.40 bits per heavy atom. The van der Waals surface area contributed by atoms with Crippen molar-refractivity contribution in [3.05, 3.63) is 47.3 Å². The Morgan fingerprint density at radius 1 is 1.04 bits per heavy atom. The number of piperidine rings is 1. The van der Waals surface area contributed by atoms with E-state index >= 15 is 0 Å². The van der Waals surface area contributed by atoms with E-state index in [4.69, 9.17) is 15.3 Å². The van der Waals surface area contributed by atoms with Crippen LogP contribution in [0.1, 0.15) is 56.0 Å². The summed E-state index contributed by atoms with van der Waals surface area (Å²) >= 11 is 0. The number of amides is 1. The van der Waals surface area contributed by atoms with E-state index in [-0.39, 0.29) is 55.0 Å². The number of aliphatic imine (C=N–C) groups is 1. The molecule has 2 aliphatic heterocycles. The molecular weight excluding hydrogens is 629 g/mol. The first-order valence-corrected chi connectivity index (χ1v) is 15.9. The Balaban J connectivity index is 1.31. The normalized spacial score (nSPS) is 16.7. The molecule has 1 atom stereocenters. The number of guanidine groups is 1. The van der Waals surface area contributed by atoms with Gasteiger partial charge in [0.05, 0.1) is 24.7 Å². The number of hydrogen-bond donors (Lipinski definition) is 3. The molecule has 16 heteroatoms. The molecule has 13 nitrogen and oxygen atoms in total. The lowest BCUT2D eigenvalue weighted by Gasteiger charge is -2.41. The Labute approximate surface area is 277 Å². The molecule has 2 saturated heterocycles. The molecule has 1 aromatic carbocycles. The summed E-state index contributed by atoms with van der Waals surface area (Å²) in [6.07, 6.45) is 0.356. The second kappa shape index (κ2) is 17.2. The van der Waals surface area contributed by atoms with Crippen LogP contribution in [-0.4, -0.2) is 79.7 Å². The Kier molecular flexibility index (Phi) is 12.8. The monoisotopic (exact) mass is 668 g/mol. The molecule has 2 fully saturated rings. The third-order valence-corrected chi connectivity index (χ3v) is 8.21. The third-order valence-electron chi connectivity index (χ3n) is 8.21. The van der Waals surface area contributed by atoms with Crippen LogP contribution in [0.15, 0.2) is 35.3 Å². The highest BCUT2D eigenvalue weighted by molar-refractivity contribution is 5.86. The van der Waals surface area contributed by atoms with E-state index in [0.717, 1.165) is 5.56 Å². The predicted octanol–water partition coefficient (Wildman–Crippen LogP) is 2.88. The molecule has 3 N–H and O–H groups in total. The topological polar surface area (TPSA) is 172 Å². The number of nitriles is 2. The molecule has 0 saturated carbocycles. The smallest absolute Gasteiger partial charge is 0.451 e. The van der Waals surface area contributed by atoms with Crippen LogP contribution in [0.3, 0.4) is 0 Å². The number of alkyl halides is 3. The van der Waals surface area contributed by atoms with Crippen LogP contribution < -0.4 is 25.8 Å². The van der Waals surface area contributed by atoms with Gasteiger partial charge >= 0.3 is 12.1 Å². The molecule has 2 aromatic rings. The summed E-state index contributed by atoms with van der Waals surface area (Å²) < 4.78 is 46.5. The molecule has 1 amide bonds. The Morgan fingerprint density at radius 2 is 1.77 bits per heavy atom. The Bertz CT molecular complexity index is 1510. The van der Waals surface area contributed by atoms with Gasteiger partial charge in [-0.3, -0.25) is 19.9 Å². The zero-order valence-electron chi connectivity index (χ0n) is 26.7. The van der Waals surface area contributed by atoms with Gasteiger partial charge in [-0.05, 0) is 62.6 Å². The van der Waals surface area contributed by atoms with Crippen molar-refractivity contribution >= 4 is 29.5 Å². The average Bonchev–Trinajstić information content (AvgIpc) is 3.04. The van der Waals surface area contributed by atoms with Gasteiger partial charge < -0.3 is 25.2 Å². The lowest BCUT2D eigenvalue weighted by Crippen LogP contribution is -2.57.